The smallest absolute Gasteiger partial charge is 0.228 e. The van der Waals surface area contributed by atoms with Crippen molar-refractivity contribution in [3.8, 4) is 22.9 Å². The molecule has 3 fully saturated rings. The largest absolute Gasteiger partial charge is 0.480 e. The van der Waals surface area contributed by atoms with Gasteiger partial charge in [-0.25, -0.2) is 15.0 Å². The van der Waals surface area contributed by atoms with Gasteiger partial charge in [-0.15, -0.1) is 0 Å². The van der Waals surface area contributed by atoms with Crippen LogP contribution in [0.15, 0.2) is 24.7 Å². The van der Waals surface area contributed by atoms with Gasteiger partial charge in [0.05, 0.1) is 7.11 Å². The lowest BCUT2D eigenvalue weighted by molar-refractivity contribution is -0.117. The Kier molecular flexibility index (Phi) is 8.72. The van der Waals surface area contributed by atoms with Crippen molar-refractivity contribution in [2.45, 2.75) is 57.8 Å². The summed E-state index contributed by atoms with van der Waals surface area (Å²) >= 11 is 0. The van der Waals surface area contributed by atoms with E-state index in [0.717, 1.165) is 69.0 Å². The maximum Gasteiger partial charge on any atom is 0.228 e. The first-order valence-corrected chi connectivity index (χ1v) is 19.2. The number of hydrogen-bond donors (Lipinski definition) is 1. The van der Waals surface area contributed by atoms with Gasteiger partial charge in [-0.3, -0.25) is 4.79 Å². The summed E-state index contributed by atoms with van der Waals surface area (Å²) in [5.41, 5.74) is 2.27. The number of methoxy groups -OCH3 is 1. The summed E-state index contributed by atoms with van der Waals surface area (Å²) in [7, 11) is 2.53. The zero-order valence-corrected chi connectivity index (χ0v) is 27.1. The highest BCUT2D eigenvalue weighted by Gasteiger charge is 2.44. The fourth-order valence-electron chi connectivity index (χ4n) is 5.60. The maximum absolute atomic E-state index is 13.2. The number of hydrogen-bond acceptors (Lipinski definition) is 9. The topological polar surface area (TPSA) is 107 Å². The normalized spacial score (nSPS) is 21.2. The number of aromatic nitrogens is 4. The minimum Gasteiger partial charge on any atom is -0.480 e. The Morgan fingerprint density at radius 3 is 2.58 bits per heavy atom. The number of carbonyl (C=O) groups excluding carboxylic acids is 1. The van der Waals surface area contributed by atoms with Crippen LogP contribution in [0.5, 0.6) is 11.8 Å². The number of nitrogens with one attached hydrogen (secondary N) is 1. The molecule has 3 aromatic rings. The molecule has 0 bridgehead atoms. The first-order chi connectivity index (χ1) is 20.7. The summed E-state index contributed by atoms with van der Waals surface area (Å²) in [6.07, 6.45) is 6.61. The molecule has 232 valence electrons. The molecule has 1 N–H and O–H groups in total. The quantitative estimate of drug-likeness (QED) is 0.226. The molecule has 2 saturated carbocycles. The maximum atomic E-state index is 13.2. The average molecular weight is 608 g/mol. The van der Waals surface area contributed by atoms with Gasteiger partial charge < -0.3 is 33.9 Å². The number of piperazine rings is 1. The first kappa shape index (κ1) is 30.0. The summed E-state index contributed by atoms with van der Waals surface area (Å²) in [5, 5.41) is 3.99. The summed E-state index contributed by atoms with van der Waals surface area (Å²) in [6.45, 7) is 13.4. The third-order valence-electron chi connectivity index (χ3n) is 8.59. The van der Waals surface area contributed by atoms with E-state index >= 15 is 0 Å². The van der Waals surface area contributed by atoms with Crippen LogP contribution in [0.25, 0.3) is 22.2 Å². The monoisotopic (exact) mass is 607 g/mol. The molecule has 0 aromatic carbocycles. The van der Waals surface area contributed by atoms with Crippen molar-refractivity contribution >= 4 is 30.8 Å². The van der Waals surface area contributed by atoms with Crippen LogP contribution >= 0.6 is 0 Å². The lowest BCUT2D eigenvalue weighted by atomic mass is 10.1. The summed E-state index contributed by atoms with van der Waals surface area (Å²) in [4.78, 5) is 31.8. The molecular weight excluding hydrogens is 562 g/mol. The number of rotatable bonds is 13. The first-order valence-electron chi connectivity index (χ1n) is 15.5. The van der Waals surface area contributed by atoms with Gasteiger partial charge >= 0.3 is 0 Å². The van der Waals surface area contributed by atoms with Crippen LogP contribution in [-0.4, -0.2) is 103 Å². The Labute approximate surface area is 254 Å². The second-order valence-corrected chi connectivity index (χ2v) is 19.1. The molecule has 0 spiro atoms. The standard InChI is InChI=1S/C31H45N7O4Si/c1-36-10-12-37(13-11-36)17-21-16-24(21)29(39)35-26-9-8-23-25(18-38(28(23)34-26)20-41-14-15-43(3,4)5)27-30(40-2)32-19-33-31(27)42-22-6-7-22/h8-9,18-19,21-22,24H,6-7,10-17,20H2,1-5H3,(H,34,35,39). The molecule has 4 heterocycles. The molecule has 1 amide bonds. The minimum atomic E-state index is -1.23. The Balaban J connectivity index is 1.23. The van der Waals surface area contributed by atoms with Gasteiger partial charge in [-0.1, -0.05) is 19.6 Å². The number of likely N-dealkylation sites (N-methyl/N-ethyl adjacent to an activating group) is 1. The number of fused-ring (bicyclic) bond motifs is 1. The van der Waals surface area contributed by atoms with E-state index < -0.39 is 8.07 Å². The minimum absolute atomic E-state index is 0.0391. The van der Waals surface area contributed by atoms with Crippen LogP contribution in [0.3, 0.4) is 0 Å². The zero-order chi connectivity index (χ0) is 30.1. The molecule has 12 heteroatoms. The molecular formula is C31H45N7O4Si. The predicted octanol–water partition coefficient (Wildman–Crippen LogP) is 4.18. The lowest BCUT2D eigenvalue weighted by Crippen LogP contribution is -2.45. The Morgan fingerprint density at radius 2 is 1.86 bits per heavy atom. The number of nitrogens with zero attached hydrogens (tertiary/aromatic N) is 6. The number of carbonyl (C=O) groups is 1. The van der Waals surface area contributed by atoms with Gasteiger partial charge in [0.15, 0.2) is 0 Å². The van der Waals surface area contributed by atoms with E-state index in [0.29, 0.717) is 48.0 Å². The van der Waals surface area contributed by atoms with Crippen molar-refractivity contribution < 1.29 is 19.0 Å². The number of anilines is 1. The van der Waals surface area contributed by atoms with E-state index in [1.54, 1.807) is 7.11 Å². The molecule has 1 saturated heterocycles. The highest BCUT2D eigenvalue weighted by molar-refractivity contribution is 6.76. The molecule has 1 aliphatic heterocycles. The summed E-state index contributed by atoms with van der Waals surface area (Å²) in [6, 6.07) is 4.94. The van der Waals surface area contributed by atoms with Gasteiger partial charge in [0, 0.05) is 70.5 Å². The lowest BCUT2D eigenvalue weighted by Gasteiger charge is -2.32. The van der Waals surface area contributed by atoms with E-state index in [1.807, 2.05) is 22.9 Å². The van der Waals surface area contributed by atoms with E-state index in [4.69, 9.17) is 19.2 Å². The van der Waals surface area contributed by atoms with Crippen molar-refractivity contribution in [2.75, 3.05) is 58.8 Å². The van der Waals surface area contributed by atoms with Crippen LogP contribution in [0.2, 0.25) is 25.7 Å². The summed E-state index contributed by atoms with van der Waals surface area (Å²) in [5.74, 6) is 2.00. The molecule has 3 aromatic heterocycles. The van der Waals surface area contributed by atoms with Crippen LogP contribution in [0.1, 0.15) is 19.3 Å². The number of amides is 1. The van der Waals surface area contributed by atoms with Gasteiger partial charge in [0.2, 0.25) is 17.7 Å². The Bertz CT molecular complexity index is 1450. The van der Waals surface area contributed by atoms with E-state index in [9.17, 15) is 4.79 Å². The molecule has 2 atom stereocenters. The van der Waals surface area contributed by atoms with E-state index in [2.05, 4.69) is 51.8 Å². The second-order valence-electron chi connectivity index (χ2n) is 13.5. The zero-order valence-electron chi connectivity index (χ0n) is 26.1. The molecule has 2 unspecified atom stereocenters. The summed E-state index contributed by atoms with van der Waals surface area (Å²) < 4.78 is 20.0. The average Bonchev–Trinajstić information content (AvgIpc) is 3.91. The van der Waals surface area contributed by atoms with Crippen molar-refractivity contribution in [3.63, 3.8) is 0 Å². The Morgan fingerprint density at radius 1 is 1.09 bits per heavy atom. The molecule has 43 heavy (non-hydrogen) atoms. The molecule has 0 radical (unpaired) electrons. The second kappa shape index (κ2) is 12.5. The third kappa shape index (κ3) is 7.36. The van der Waals surface area contributed by atoms with Crippen molar-refractivity contribution in [2.24, 2.45) is 11.8 Å². The van der Waals surface area contributed by atoms with Crippen LogP contribution < -0.4 is 14.8 Å². The highest BCUT2D eigenvalue weighted by atomic mass is 28.3. The fourth-order valence-corrected chi connectivity index (χ4v) is 6.35. The number of ether oxygens (including phenoxy) is 3. The third-order valence-corrected chi connectivity index (χ3v) is 10.3. The Hall–Kier alpha value is -3.06. The van der Waals surface area contributed by atoms with Crippen LogP contribution in [0, 0.1) is 11.8 Å². The van der Waals surface area contributed by atoms with Crippen LogP contribution in [0.4, 0.5) is 5.82 Å². The van der Waals surface area contributed by atoms with Crippen LogP contribution in [-0.2, 0) is 16.3 Å². The van der Waals surface area contributed by atoms with Crippen molar-refractivity contribution in [1.82, 2.24) is 29.3 Å². The van der Waals surface area contributed by atoms with E-state index in [-0.39, 0.29) is 17.9 Å². The molecule has 6 rings (SSSR count). The van der Waals surface area contributed by atoms with Crippen molar-refractivity contribution in [3.05, 3.63) is 24.7 Å². The van der Waals surface area contributed by atoms with Crippen molar-refractivity contribution in [1.29, 1.82) is 0 Å². The predicted molar refractivity (Wildman–Crippen MR) is 169 cm³/mol. The van der Waals surface area contributed by atoms with E-state index in [1.165, 1.54) is 6.33 Å². The molecule has 11 nitrogen and oxygen atoms in total. The van der Waals surface area contributed by atoms with Gasteiger partial charge in [-0.2, -0.15) is 0 Å². The number of pyridine rings is 1. The van der Waals surface area contributed by atoms with Gasteiger partial charge in [0.1, 0.15) is 36.2 Å². The molecule has 3 aliphatic rings. The highest BCUT2D eigenvalue weighted by Crippen LogP contribution is 2.43. The fraction of sp³-hybridized carbons (Fsp3) is 0.613. The molecule has 2 aliphatic carbocycles. The SMILES string of the molecule is COc1ncnc(OC2CC2)c1-c1cn(COCC[Si](C)(C)C)c2nc(NC(=O)C3CC3CN3CCN(C)CC3)ccc12. The van der Waals surface area contributed by atoms with Gasteiger partial charge in [0.25, 0.3) is 0 Å². The van der Waals surface area contributed by atoms with Gasteiger partial charge in [-0.05, 0) is 50.4 Å².